The Kier molecular flexibility index (Phi) is 3.43. The van der Waals surface area contributed by atoms with Gasteiger partial charge in [-0.05, 0) is 24.3 Å². The molecule has 2 aromatic rings. The first-order valence-electron chi connectivity index (χ1n) is 6.14. The zero-order valence-corrected chi connectivity index (χ0v) is 10.8. The molecule has 0 N–H and O–H groups in total. The van der Waals surface area contributed by atoms with Crippen molar-refractivity contribution in [2.24, 2.45) is 0 Å². The largest absolute Gasteiger partial charge is 0.485 e. The van der Waals surface area contributed by atoms with Gasteiger partial charge in [-0.25, -0.2) is 8.78 Å². The van der Waals surface area contributed by atoms with Gasteiger partial charge in [0.2, 0.25) is 12.6 Å². The molecule has 0 bridgehead atoms. The minimum atomic E-state index is -0.908. The maximum atomic E-state index is 13.5. The van der Waals surface area contributed by atoms with Crippen LogP contribution in [0.3, 0.4) is 0 Å². The van der Waals surface area contributed by atoms with Crippen LogP contribution in [0.25, 0.3) is 0 Å². The Morgan fingerprint density at radius 1 is 1.10 bits per heavy atom. The molecule has 108 valence electrons. The molecular weight excluding hydrogens is 282 g/mol. The van der Waals surface area contributed by atoms with Crippen LogP contribution in [0.4, 0.5) is 8.78 Å². The van der Waals surface area contributed by atoms with Gasteiger partial charge in [0.25, 0.3) is 0 Å². The summed E-state index contributed by atoms with van der Waals surface area (Å²) in [5, 5.41) is 0. The molecule has 0 saturated carbocycles. The highest BCUT2D eigenvalue weighted by molar-refractivity contribution is 5.97. The third-order valence-electron chi connectivity index (χ3n) is 2.95. The molecule has 0 aromatic heterocycles. The normalized spacial score (nSPS) is 12.3. The minimum absolute atomic E-state index is 0.137. The van der Waals surface area contributed by atoms with Gasteiger partial charge in [0.1, 0.15) is 17.4 Å². The molecule has 0 amide bonds. The molecule has 1 heterocycles. The molecule has 1 aliphatic rings. The van der Waals surface area contributed by atoms with E-state index < -0.39 is 17.4 Å². The van der Waals surface area contributed by atoms with Crippen LogP contribution in [0, 0.1) is 11.6 Å². The number of rotatable bonds is 4. The van der Waals surface area contributed by atoms with E-state index in [9.17, 15) is 13.6 Å². The lowest BCUT2D eigenvalue weighted by Gasteiger charge is -2.07. The molecule has 0 fully saturated rings. The predicted octanol–water partition coefficient (Wildman–Crippen LogP) is 2.96. The summed E-state index contributed by atoms with van der Waals surface area (Å²) in [4.78, 5) is 11.8. The van der Waals surface area contributed by atoms with Crippen LogP contribution in [0.1, 0.15) is 10.4 Å². The maximum absolute atomic E-state index is 13.5. The molecule has 3 rings (SSSR count). The van der Waals surface area contributed by atoms with Crippen LogP contribution in [-0.4, -0.2) is 19.2 Å². The van der Waals surface area contributed by atoms with E-state index in [0.717, 1.165) is 12.1 Å². The number of ether oxygens (including phenoxy) is 3. The lowest BCUT2D eigenvalue weighted by atomic mass is 10.1. The Hall–Kier alpha value is -2.63. The Morgan fingerprint density at radius 2 is 1.90 bits per heavy atom. The fourth-order valence-corrected chi connectivity index (χ4v) is 1.91. The number of hydrogen-bond donors (Lipinski definition) is 0. The average Bonchev–Trinajstić information content (AvgIpc) is 2.92. The SMILES string of the molecule is O=C(COc1ccc2c(c1)OCO2)c1ccc(F)cc1F. The van der Waals surface area contributed by atoms with Crippen molar-refractivity contribution >= 4 is 5.78 Å². The van der Waals surface area contributed by atoms with Crippen molar-refractivity contribution in [1.82, 2.24) is 0 Å². The second-order valence-electron chi connectivity index (χ2n) is 4.35. The number of Topliss-reactive ketones (excluding diaryl/α,β-unsaturated/α-hetero) is 1. The molecule has 0 aliphatic carbocycles. The molecule has 4 nitrogen and oxygen atoms in total. The lowest BCUT2D eigenvalue weighted by Crippen LogP contribution is -2.13. The number of halogens is 2. The third kappa shape index (κ3) is 2.79. The van der Waals surface area contributed by atoms with Gasteiger partial charge in [-0.1, -0.05) is 0 Å². The quantitative estimate of drug-likeness (QED) is 0.813. The van der Waals surface area contributed by atoms with Crippen LogP contribution < -0.4 is 14.2 Å². The first kappa shape index (κ1) is 13.4. The van der Waals surface area contributed by atoms with Gasteiger partial charge in [-0.3, -0.25) is 4.79 Å². The van der Waals surface area contributed by atoms with Gasteiger partial charge < -0.3 is 14.2 Å². The van der Waals surface area contributed by atoms with E-state index in [1.165, 1.54) is 0 Å². The van der Waals surface area contributed by atoms with Crippen LogP contribution in [-0.2, 0) is 0 Å². The van der Waals surface area contributed by atoms with E-state index in [1.54, 1.807) is 18.2 Å². The summed E-state index contributed by atoms with van der Waals surface area (Å²) in [7, 11) is 0. The van der Waals surface area contributed by atoms with E-state index >= 15 is 0 Å². The van der Waals surface area contributed by atoms with Crippen molar-refractivity contribution in [3.63, 3.8) is 0 Å². The standard InChI is InChI=1S/C15H10F2O4/c16-9-1-3-11(12(17)5-9)13(18)7-19-10-2-4-14-15(6-10)21-8-20-14/h1-6H,7-8H2. The number of carbonyl (C=O) groups excluding carboxylic acids is 1. The predicted molar refractivity (Wildman–Crippen MR) is 68.7 cm³/mol. The number of benzene rings is 2. The maximum Gasteiger partial charge on any atom is 0.231 e. The highest BCUT2D eigenvalue weighted by Gasteiger charge is 2.16. The van der Waals surface area contributed by atoms with E-state index in [4.69, 9.17) is 14.2 Å². The fourth-order valence-electron chi connectivity index (χ4n) is 1.91. The number of fused-ring (bicyclic) bond motifs is 1. The summed E-state index contributed by atoms with van der Waals surface area (Å²) in [6, 6.07) is 7.62. The highest BCUT2D eigenvalue weighted by atomic mass is 19.1. The molecule has 0 saturated heterocycles. The summed E-state index contributed by atoms with van der Waals surface area (Å²) < 4.78 is 41.8. The fraction of sp³-hybridized carbons (Fsp3) is 0.133. The van der Waals surface area contributed by atoms with E-state index in [1.807, 2.05) is 0 Å². The molecule has 1 aliphatic heterocycles. The Balaban J connectivity index is 1.68. The first-order chi connectivity index (χ1) is 10.1. The van der Waals surface area contributed by atoms with Crippen molar-refractivity contribution in [1.29, 1.82) is 0 Å². The number of hydrogen-bond acceptors (Lipinski definition) is 4. The van der Waals surface area contributed by atoms with Crippen molar-refractivity contribution in [2.45, 2.75) is 0 Å². The topological polar surface area (TPSA) is 44.8 Å². The second-order valence-corrected chi connectivity index (χ2v) is 4.35. The van der Waals surface area contributed by atoms with Crippen molar-refractivity contribution in [2.75, 3.05) is 13.4 Å². The van der Waals surface area contributed by atoms with Gasteiger partial charge in [-0.15, -0.1) is 0 Å². The van der Waals surface area contributed by atoms with E-state index in [2.05, 4.69) is 0 Å². The third-order valence-corrected chi connectivity index (χ3v) is 2.95. The average molecular weight is 292 g/mol. The smallest absolute Gasteiger partial charge is 0.231 e. The molecule has 0 radical (unpaired) electrons. The summed E-state index contributed by atoms with van der Waals surface area (Å²) in [5.74, 6) is -0.707. The van der Waals surface area contributed by atoms with Crippen molar-refractivity contribution in [3.05, 3.63) is 53.6 Å². The van der Waals surface area contributed by atoms with Crippen molar-refractivity contribution < 1.29 is 27.8 Å². The molecule has 21 heavy (non-hydrogen) atoms. The van der Waals surface area contributed by atoms with Gasteiger partial charge in [0.05, 0.1) is 5.56 Å². The second kappa shape index (κ2) is 5.40. The van der Waals surface area contributed by atoms with Crippen molar-refractivity contribution in [3.8, 4) is 17.2 Å². The zero-order chi connectivity index (χ0) is 14.8. The number of carbonyl (C=O) groups is 1. The Morgan fingerprint density at radius 3 is 2.71 bits per heavy atom. The molecular formula is C15H10F2O4. The lowest BCUT2D eigenvalue weighted by molar-refractivity contribution is 0.0917. The van der Waals surface area contributed by atoms with Crippen LogP contribution >= 0.6 is 0 Å². The van der Waals surface area contributed by atoms with Crippen LogP contribution in [0.2, 0.25) is 0 Å². The summed E-state index contributed by atoms with van der Waals surface area (Å²) in [6.07, 6.45) is 0. The first-order valence-corrected chi connectivity index (χ1v) is 6.14. The zero-order valence-electron chi connectivity index (χ0n) is 10.8. The number of ketones is 1. The van der Waals surface area contributed by atoms with Gasteiger partial charge in [0.15, 0.2) is 18.1 Å². The summed E-state index contributed by atoms with van der Waals surface area (Å²) >= 11 is 0. The summed E-state index contributed by atoms with van der Waals surface area (Å²) in [6.45, 7) is -0.222. The van der Waals surface area contributed by atoms with Crippen LogP contribution in [0.15, 0.2) is 36.4 Å². The Bertz CT molecular complexity index is 700. The molecule has 0 unspecified atom stereocenters. The molecule has 0 atom stereocenters. The van der Waals surface area contributed by atoms with Crippen LogP contribution in [0.5, 0.6) is 17.2 Å². The summed E-state index contributed by atoms with van der Waals surface area (Å²) in [5.41, 5.74) is -0.211. The minimum Gasteiger partial charge on any atom is -0.485 e. The molecule has 2 aromatic carbocycles. The molecule has 6 heteroatoms. The highest BCUT2D eigenvalue weighted by Crippen LogP contribution is 2.35. The Labute approximate surface area is 118 Å². The van der Waals surface area contributed by atoms with Gasteiger partial charge in [0, 0.05) is 12.1 Å². The van der Waals surface area contributed by atoms with Gasteiger partial charge >= 0.3 is 0 Å². The van der Waals surface area contributed by atoms with E-state index in [0.29, 0.717) is 23.3 Å². The molecule has 0 spiro atoms. The van der Waals surface area contributed by atoms with Gasteiger partial charge in [-0.2, -0.15) is 0 Å². The van der Waals surface area contributed by atoms with E-state index in [-0.39, 0.29) is 19.0 Å². The monoisotopic (exact) mass is 292 g/mol.